The van der Waals surface area contributed by atoms with E-state index >= 15 is 0 Å². The lowest BCUT2D eigenvalue weighted by molar-refractivity contribution is -0.137. The third-order valence-electron chi connectivity index (χ3n) is 2.37. The van der Waals surface area contributed by atoms with Crippen LogP contribution in [0.15, 0.2) is 24.3 Å². The van der Waals surface area contributed by atoms with E-state index in [2.05, 4.69) is 0 Å². The van der Waals surface area contributed by atoms with Crippen molar-refractivity contribution in [3.63, 3.8) is 0 Å². The number of carboxylic acid groups (broad SMARTS) is 1. The first-order chi connectivity index (χ1) is 6.74. The van der Waals surface area contributed by atoms with Crippen LogP contribution in [0.25, 0.3) is 6.08 Å². The predicted octanol–water partition coefficient (Wildman–Crippen LogP) is 1.89. The van der Waals surface area contributed by atoms with E-state index in [1.807, 2.05) is 18.2 Å². The third kappa shape index (κ3) is 1.18. The number of benzene rings is 1. The third-order valence-corrected chi connectivity index (χ3v) is 2.37. The fourth-order valence-electron chi connectivity index (χ4n) is 1.72. The van der Waals surface area contributed by atoms with Crippen LogP contribution in [-0.4, -0.2) is 18.2 Å². The molecule has 0 saturated carbocycles. The highest BCUT2D eigenvalue weighted by molar-refractivity contribution is 5.86. The summed E-state index contributed by atoms with van der Waals surface area (Å²) >= 11 is 0. The number of carbonyl (C=O) groups is 1. The molecular weight excluding hydrogens is 180 g/mol. The van der Waals surface area contributed by atoms with Gasteiger partial charge in [-0.2, -0.15) is 0 Å². The van der Waals surface area contributed by atoms with Gasteiger partial charge in [0.25, 0.3) is 0 Å². The van der Waals surface area contributed by atoms with Crippen LogP contribution in [0.5, 0.6) is 5.75 Å². The van der Waals surface area contributed by atoms with E-state index in [4.69, 9.17) is 9.84 Å². The number of ether oxygens (including phenoxy) is 1. The Morgan fingerprint density at radius 3 is 2.93 bits per heavy atom. The van der Waals surface area contributed by atoms with E-state index in [1.54, 1.807) is 19.3 Å². The lowest BCUT2D eigenvalue weighted by Gasteiger charge is -2.10. The average molecular weight is 190 g/mol. The SMILES string of the molecule is COc1cccc2c1C(C(=O)O)C=C2. The lowest BCUT2D eigenvalue weighted by Crippen LogP contribution is -2.08. The Kier molecular flexibility index (Phi) is 2.00. The second kappa shape index (κ2) is 3.18. The molecule has 14 heavy (non-hydrogen) atoms. The van der Waals surface area contributed by atoms with E-state index in [0.717, 1.165) is 11.1 Å². The van der Waals surface area contributed by atoms with Crippen molar-refractivity contribution in [2.75, 3.05) is 7.11 Å². The first kappa shape index (κ1) is 8.81. The summed E-state index contributed by atoms with van der Waals surface area (Å²) in [5, 5.41) is 8.97. The summed E-state index contributed by atoms with van der Waals surface area (Å²) in [5.41, 5.74) is 1.68. The summed E-state index contributed by atoms with van der Waals surface area (Å²) in [6.45, 7) is 0. The van der Waals surface area contributed by atoms with Crippen LogP contribution in [0.4, 0.5) is 0 Å². The Morgan fingerprint density at radius 1 is 1.50 bits per heavy atom. The van der Waals surface area contributed by atoms with Crippen molar-refractivity contribution in [2.45, 2.75) is 5.92 Å². The Bertz CT molecular complexity index is 407. The van der Waals surface area contributed by atoms with Crippen molar-refractivity contribution >= 4 is 12.0 Å². The molecule has 1 atom stereocenters. The predicted molar refractivity (Wildman–Crippen MR) is 52.4 cm³/mol. The second-order valence-electron chi connectivity index (χ2n) is 3.14. The van der Waals surface area contributed by atoms with Crippen LogP contribution >= 0.6 is 0 Å². The van der Waals surface area contributed by atoms with E-state index < -0.39 is 11.9 Å². The molecule has 0 fully saturated rings. The van der Waals surface area contributed by atoms with Crippen LogP contribution in [-0.2, 0) is 4.79 Å². The molecule has 72 valence electrons. The average Bonchev–Trinajstić information content (AvgIpc) is 2.60. The number of hydrogen-bond acceptors (Lipinski definition) is 2. The van der Waals surface area contributed by atoms with E-state index in [-0.39, 0.29) is 0 Å². The maximum absolute atomic E-state index is 10.9. The molecular formula is C11H10O3. The van der Waals surface area contributed by atoms with Gasteiger partial charge in [0.2, 0.25) is 0 Å². The molecule has 0 spiro atoms. The van der Waals surface area contributed by atoms with Gasteiger partial charge in [-0.1, -0.05) is 24.3 Å². The molecule has 0 aromatic heterocycles. The molecule has 0 heterocycles. The molecule has 3 nitrogen and oxygen atoms in total. The van der Waals surface area contributed by atoms with Crippen LogP contribution < -0.4 is 4.74 Å². The van der Waals surface area contributed by atoms with Gasteiger partial charge in [-0.25, -0.2) is 0 Å². The van der Waals surface area contributed by atoms with Crippen molar-refractivity contribution < 1.29 is 14.6 Å². The monoisotopic (exact) mass is 190 g/mol. The van der Waals surface area contributed by atoms with Crippen molar-refractivity contribution in [3.05, 3.63) is 35.4 Å². The molecule has 0 radical (unpaired) electrons. The van der Waals surface area contributed by atoms with Crippen molar-refractivity contribution in [1.29, 1.82) is 0 Å². The Labute approximate surface area is 81.6 Å². The minimum atomic E-state index is -0.843. The lowest BCUT2D eigenvalue weighted by atomic mass is 10.00. The normalized spacial score (nSPS) is 17.9. The molecule has 0 bridgehead atoms. The van der Waals surface area contributed by atoms with Gasteiger partial charge in [0.1, 0.15) is 11.7 Å². The fraction of sp³-hybridized carbons (Fsp3) is 0.182. The zero-order valence-corrected chi connectivity index (χ0v) is 7.73. The summed E-state index contributed by atoms with van der Waals surface area (Å²) in [5.74, 6) is -0.773. The highest BCUT2D eigenvalue weighted by atomic mass is 16.5. The van der Waals surface area contributed by atoms with Crippen LogP contribution in [0.1, 0.15) is 17.0 Å². The summed E-state index contributed by atoms with van der Waals surface area (Å²) in [4.78, 5) is 10.9. The standard InChI is InChI=1S/C11H10O3/c1-14-9-4-2-3-7-5-6-8(10(7)9)11(12)13/h2-6,8H,1H3,(H,12,13). The molecule has 2 rings (SSSR count). The summed E-state index contributed by atoms with van der Waals surface area (Å²) < 4.78 is 5.13. The van der Waals surface area contributed by atoms with Gasteiger partial charge in [-0.05, 0) is 11.6 Å². The molecule has 0 aliphatic heterocycles. The van der Waals surface area contributed by atoms with Gasteiger partial charge in [0, 0.05) is 5.56 Å². The van der Waals surface area contributed by atoms with Crippen LogP contribution in [0.2, 0.25) is 0 Å². The number of aliphatic carboxylic acids is 1. The number of methoxy groups -OCH3 is 1. The maximum atomic E-state index is 10.9. The fourth-order valence-corrected chi connectivity index (χ4v) is 1.72. The Balaban J connectivity index is 2.55. The molecule has 0 saturated heterocycles. The molecule has 1 aromatic carbocycles. The number of fused-ring (bicyclic) bond motifs is 1. The topological polar surface area (TPSA) is 46.5 Å². The summed E-state index contributed by atoms with van der Waals surface area (Å²) in [7, 11) is 1.55. The van der Waals surface area contributed by atoms with Crippen molar-refractivity contribution in [2.24, 2.45) is 0 Å². The van der Waals surface area contributed by atoms with Crippen LogP contribution in [0, 0.1) is 0 Å². The summed E-state index contributed by atoms with van der Waals surface area (Å²) in [6.07, 6.45) is 3.49. The van der Waals surface area contributed by atoms with Gasteiger partial charge in [0.15, 0.2) is 0 Å². The number of hydrogen-bond donors (Lipinski definition) is 1. The molecule has 1 N–H and O–H groups in total. The number of carboxylic acids is 1. The van der Waals surface area contributed by atoms with Gasteiger partial charge in [-0.15, -0.1) is 0 Å². The van der Waals surface area contributed by atoms with E-state index in [1.165, 1.54) is 0 Å². The first-order valence-electron chi connectivity index (χ1n) is 4.32. The Hall–Kier alpha value is -1.77. The highest BCUT2D eigenvalue weighted by Crippen LogP contribution is 2.36. The largest absolute Gasteiger partial charge is 0.496 e. The summed E-state index contributed by atoms with van der Waals surface area (Å²) in [6, 6.07) is 5.52. The molecule has 1 aromatic rings. The van der Waals surface area contributed by atoms with Gasteiger partial charge < -0.3 is 9.84 Å². The molecule has 3 heteroatoms. The second-order valence-corrected chi connectivity index (χ2v) is 3.14. The molecule has 1 aliphatic rings. The van der Waals surface area contributed by atoms with Crippen molar-refractivity contribution in [1.82, 2.24) is 0 Å². The molecule has 0 amide bonds. The van der Waals surface area contributed by atoms with Crippen LogP contribution in [0.3, 0.4) is 0 Å². The van der Waals surface area contributed by atoms with Gasteiger partial charge in [-0.3, -0.25) is 4.79 Å². The highest BCUT2D eigenvalue weighted by Gasteiger charge is 2.26. The zero-order valence-electron chi connectivity index (χ0n) is 7.73. The minimum Gasteiger partial charge on any atom is -0.496 e. The first-order valence-corrected chi connectivity index (χ1v) is 4.32. The van der Waals surface area contributed by atoms with Gasteiger partial charge >= 0.3 is 5.97 Å². The molecule has 1 unspecified atom stereocenters. The molecule has 1 aliphatic carbocycles. The maximum Gasteiger partial charge on any atom is 0.315 e. The smallest absolute Gasteiger partial charge is 0.315 e. The minimum absolute atomic E-state index is 0.568. The quantitative estimate of drug-likeness (QED) is 0.774. The van der Waals surface area contributed by atoms with E-state index in [9.17, 15) is 4.79 Å². The zero-order chi connectivity index (χ0) is 10.1. The Morgan fingerprint density at radius 2 is 2.29 bits per heavy atom. The van der Waals surface area contributed by atoms with Crippen molar-refractivity contribution in [3.8, 4) is 5.75 Å². The number of rotatable bonds is 2. The van der Waals surface area contributed by atoms with Gasteiger partial charge in [0.05, 0.1) is 7.11 Å². The van der Waals surface area contributed by atoms with E-state index in [0.29, 0.717) is 5.75 Å².